The summed E-state index contributed by atoms with van der Waals surface area (Å²) in [6.07, 6.45) is 4.75. The Hall–Kier alpha value is -1.54. The van der Waals surface area contributed by atoms with Crippen LogP contribution in [0.2, 0.25) is 0 Å². The Bertz CT molecular complexity index is 814. The number of halogens is 1. The number of nitrogens with zero attached hydrogens (tertiary/aromatic N) is 4. The maximum atomic E-state index is 12.3. The fourth-order valence-corrected chi connectivity index (χ4v) is 4.54. The molecule has 1 amide bonds. The Morgan fingerprint density at radius 3 is 2.74 bits per heavy atom. The number of thioether (sulfide) groups is 1. The van der Waals surface area contributed by atoms with Gasteiger partial charge in [-0.1, -0.05) is 40.7 Å². The van der Waals surface area contributed by atoms with E-state index < -0.39 is 0 Å². The van der Waals surface area contributed by atoms with Gasteiger partial charge >= 0.3 is 0 Å². The van der Waals surface area contributed by atoms with Crippen molar-refractivity contribution >= 4 is 45.2 Å². The number of benzene rings is 1. The molecule has 1 saturated heterocycles. The number of piperidine rings is 1. The van der Waals surface area contributed by atoms with E-state index >= 15 is 0 Å². The van der Waals surface area contributed by atoms with Crippen molar-refractivity contribution in [3.63, 3.8) is 0 Å². The zero-order valence-electron chi connectivity index (χ0n) is 15.4. The lowest BCUT2D eigenvalue weighted by atomic mass is 10.00. The summed E-state index contributed by atoms with van der Waals surface area (Å²) in [5.41, 5.74) is 0.793. The van der Waals surface area contributed by atoms with Crippen molar-refractivity contribution < 1.29 is 4.79 Å². The lowest BCUT2D eigenvalue weighted by molar-refractivity contribution is -0.113. The van der Waals surface area contributed by atoms with Crippen LogP contribution >= 0.6 is 27.7 Å². The highest BCUT2D eigenvalue weighted by Gasteiger charge is 2.32. The average molecular weight is 450 g/mol. The Labute approximate surface area is 172 Å². The highest BCUT2D eigenvalue weighted by molar-refractivity contribution is 9.10. The summed E-state index contributed by atoms with van der Waals surface area (Å²) >= 11 is 4.89. The highest BCUT2D eigenvalue weighted by Crippen LogP contribution is 2.41. The molecule has 1 aromatic carbocycles. The van der Waals surface area contributed by atoms with Crippen LogP contribution in [0.15, 0.2) is 33.9 Å². The van der Waals surface area contributed by atoms with E-state index in [0.29, 0.717) is 11.8 Å². The molecule has 1 saturated carbocycles. The SMILES string of the molecule is CC1CCN(c2nnc(SCC(=O)Nc3cccc(Br)c3)n2C2CC2)CC1. The molecule has 2 aliphatic rings. The molecule has 0 atom stereocenters. The summed E-state index contributed by atoms with van der Waals surface area (Å²) in [4.78, 5) is 14.7. The second-order valence-corrected chi connectivity index (χ2v) is 9.26. The van der Waals surface area contributed by atoms with Crippen LogP contribution in [0.4, 0.5) is 11.6 Å². The number of rotatable bonds is 6. The van der Waals surface area contributed by atoms with E-state index in [1.807, 2.05) is 24.3 Å². The normalized spacial score (nSPS) is 17.9. The van der Waals surface area contributed by atoms with Gasteiger partial charge in [0.15, 0.2) is 5.16 Å². The summed E-state index contributed by atoms with van der Waals surface area (Å²) in [6.45, 7) is 4.40. The zero-order chi connectivity index (χ0) is 18.8. The van der Waals surface area contributed by atoms with Crippen LogP contribution < -0.4 is 10.2 Å². The minimum Gasteiger partial charge on any atom is -0.341 e. The number of aromatic nitrogens is 3. The van der Waals surface area contributed by atoms with Crippen LogP contribution in [0.5, 0.6) is 0 Å². The van der Waals surface area contributed by atoms with Crippen molar-refractivity contribution in [1.29, 1.82) is 0 Å². The van der Waals surface area contributed by atoms with E-state index in [1.165, 1.54) is 37.4 Å². The molecule has 0 spiro atoms. The molecule has 1 N–H and O–H groups in total. The van der Waals surface area contributed by atoms with Crippen LogP contribution in [0.25, 0.3) is 0 Å². The fourth-order valence-electron chi connectivity index (χ4n) is 3.34. The van der Waals surface area contributed by atoms with Crippen molar-refractivity contribution in [3.8, 4) is 0 Å². The Morgan fingerprint density at radius 1 is 1.26 bits per heavy atom. The molecular formula is C19H24BrN5OS. The number of anilines is 2. The van der Waals surface area contributed by atoms with E-state index in [2.05, 4.69) is 47.8 Å². The molecule has 2 fully saturated rings. The van der Waals surface area contributed by atoms with Crippen LogP contribution in [0, 0.1) is 5.92 Å². The third-order valence-corrected chi connectivity index (χ3v) is 6.50. The van der Waals surface area contributed by atoms with Crippen molar-refractivity contribution in [1.82, 2.24) is 14.8 Å². The van der Waals surface area contributed by atoms with Gasteiger partial charge in [0.05, 0.1) is 5.75 Å². The molecule has 8 heteroatoms. The van der Waals surface area contributed by atoms with Crippen LogP contribution in [0.3, 0.4) is 0 Å². The first-order valence-corrected chi connectivity index (χ1v) is 11.3. The fraction of sp³-hybridized carbons (Fsp3) is 0.526. The van der Waals surface area contributed by atoms with E-state index in [1.54, 1.807) is 0 Å². The predicted molar refractivity (Wildman–Crippen MR) is 112 cm³/mol. The molecule has 0 bridgehead atoms. The standard InChI is InChI=1S/C19H24BrN5OS/c1-13-7-9-24(10-8-13)18-22-23-19(25(18)16-5-6-16)27-12-17(26)21-15-4-2-3-14(20)11-15/h2-4,11,13,16H,5-10,12H2,1H3,(H,21,26). The minimum atomic E-state index is -0.0307. The summed E-state index contributed by atoms with van der Waals surface area (Å²) in [5, 5.41) is 12.7. The number of amides is 1. The molecule has 6 nitrogen and oxygen atoms in total. The van der Waals surface area contributed by atoms with Gasteiger partial charge in [-0.05, 0) is 49.8 Å². The van der Waals surface area contributed by atoms with Gasteiger partial charge in [0, 0.05) is 29.3 Å². The lowest BCUT2D eigenvalue weighted by Gasteiger charge is -2.31. The van der Waals surface area contributed by atoms with E-state index in [-0.39, 0.29) is 5.91 Å². The third kappa shape index (κ3) is 4.66. The van der Waals surface area contributed by atoms with E-state index in [9.17, 15) is 4.79 Å². The molecule has 0 unspecified atom stereocenters. The first-order chi connectivity index (χ1) is 13.1. The van der Waals surface area contributed by atoms with Crippen molar-refractivity contribution in [2.24, 2.45) is 5.92 Å². The van der Waals surface area contributed by atoms with Gasteiger partial charge in [-0.15, -0.1) is 10.2 Å². The summed E-state index contributed by atoms with van der Waals surface area (Å²) < 4.78 is 3.20. The van der Waals surface area contributed by atoms with Crippen LogP contribution in [-0.4, -0.2) is 39.5 Å². The number of hydrogen-bond acceptors (Lipinski definition) is 5. The van der Waals surface area contributed by atoms with Gasteiger partial charge in [-0.25, -0.2) is 0 Å². The maximum absolute atomic E-state index is 12.3. The molecule has 0 radical (unpaired) electrons. The first-order valence-electron chi connectivity index (χ1n) is 9.48. The molecule has 27 heavy (non-hydrogen) atoms. The minimum absolute atomic E-state index is 0.0307. The van der Waals surface area contributed by atoms with Crippen molar-refractivity contribution in [2.75, 3.05) is 29.1 Å². The molecule has 144 valence electrons. The Balaban J connectivity index is 1.41. The van der Waals surface area contributed by atoms with Gasteiger partial charge in [0.1, 0.15) is 0 Å². The molecule has 1 aliphatic carbocycles. The molecule has 1 aromatic heterocycles. The zero-order valence-corrected chi connectivity index (χ0v) is 17.8. The third-order valence-electron chi connectivity index (χ3n) is 5.07. The smallest absolute Gasteiger partial charge is 0.234 e. The summed E-state index contributed by atoms with van der Waals surface area (Å²) in [7, 11) is 0. The highest BCUT2D eigenvalue weighted by atomic mass is 79.9. The molecule has 1 aliphatic heterocycles. The number of carbonyl (C=O) groups excluding carboxylic acids is 1. The van der Waals surface area contributed by atoms with E-state index in [0.717, 1.165) is 40.3 Å². The van der Waals surface area contributed by atoms with Gasteiger partial charge in [0.2, 0.25) is 11.9 Å². The van der Waals surface area contributed by atoms with Crippen LogP contribution in [0.1, 0.15) is 38.6 Å². The van der Waals surface area contributed by atoms with Gasteiger partial charge < -0.3 is 10.2 Å². The van der Waals surface area contributed by atoms with Crippen LogP contribution in [-0.2, 0) is 4.79 Å². The molecule has 2 aromatic rings. The predicted octanol–water partition coefficient (Wildman–Crippen LogP) is 4.34. The lowest BCUT2D eigenvalue weighted by Crippen LogP contribution is -2.34. The maximum Gasteiger partial charge on any atom is 0.234 e. The molecule has 4 rings (SSSR count). The van der Waals surface area contributed by atoms with Gasteiger partial charge in [0.25, 0.3) is 0 Å². The van der Waals surface area contributed by atoms with Gasteiger partial charge in [-0.3, -0.25) is 9.36 Å². The van der Waals surface area contributed by atoms with Gasteiger partial charge in [-0.2, -0.15) is 0 Å². The van der Waals surface area contributed by atoms with Crippen molar-refractivity contribution in [3.05, 3.63) is 28.7 Å². The molecule has 2 heterocycles. The number of carbonyl (C=O) groups is 1. The topological polar surface area (TPSA) is 63.1 Å². The van der Waals surface area contributed by atoms with E-state index in [4.69, 9.17) is 0 Å². The summed E-state index contributed by atoms with van der Waals surface area (Å²) in [6, 6.07) is 8.11. The second-order valence-electron chi connectivity index (χ2n) is 7.40. The number of nitrogens with one attached hydrogen (secondary N) is 1. The number of hydrogen-bond donors (Lipinski definition) is 1. The monoisotopic (exact) mass is 449 g/mol. The quantitative estimate of drug-likeness (QED) is 0.664. The Kier molecular flexibility index (Phi) is 5.73. The summed E-state index contributed by atoms with van der Waals surface area (Å²) in [5.74, 6) is 2.07. The largest absolute Gasteiger partial charge is 0.341 e. The average Bonchev–Trinajstić information content (AvgIpc) is 3.40. The Morgan fingerprint density at radius 2 is 2.04 bits per heavy atom. The molecular weight excluding hydrogens is 426 g/mol. The van der Waals surface area contributed by atoms with Crippen molar-refractivity contribution in [2.45, 2.75) is 43.8 Å². The first kappa shape index (κ1) is 18.8. The second kappa shape index (κ2) is 8.22.